The van der Waals surface area contributed by atoms with Gasteiger partial charge in [0.15, 0.2) is 0 Å². The van der Waals surface area contributed by atoms with Gasteiger partial charge in [-0.2, -0.15) is 0 Å². The molecule has 1 radical (unpaired) electrons. The highest BCUT2D eigenvalue weighted by molar-refractivity contribution is 5.86. The third-order valence-corrected chi connectivity index (χ3v) is 8.29. The van der Waals surface area contributed by atoms with Crippen LogP contribution in [0.1, 0.15) is 83.5 Å². The molecule has 2 aromatic rings. The van der Waals surface area contributed by atoms with Gasteiger partial charge < -0.3 is 14.5 Å². The Labute approximate surface area is 250 Å². The average molecular weight is 572 g/mol. The van der Waals surface area contributed by atoms with Crippen LogP contribution >= 0.6 is 0 Å². The number of fused-ring (bicyclic) bond motifs is 1. The molecule has 0 bridgehead atoms. The molecule has 2 aliphatic carbocycles. The minimum Gasteiger partial charge on any atom is -0.444 e. The van der Waals surface area contributed by atoms with Gasteiger partial charge in [0.2, 0.25) is 0 Å². The van der Waals surface area contributed by atoms with Gasteiger partial charge in [-0.3, -0.25) is 0 Å². The number of hydrogen-bond acceptors (Lipinski definition) is 5. The molecule has 0 spiro atoms. The van der Waals surface area contributed by atoms with Crippen LogP contribution in [0.4, 0.5) is 15.0 Å². The maximum Gasteiger partial charge on any atom is 0.410 e. The highest BCUT2D eigenvalue weighted by Crippen LogP contribution is 2.45. The van der Waals surface area contributed by atoms with E-state index in [1.165, 1.54) is 28.7 Å². The molecular weight excluding hydrogens is 527 g/mol. The first kappa shape index (κ1) is 30.0. The Balaban J connectivity index is 1.39. The van der Waals surface area contributed by atoms with Gasteiger partial charge in [0.1, 0.15) is 23.6 Å². The van der Waals surface area contributed by atoms with E-state index in [0.29, 0.717) is 19.6 Å². The number of aromatic nitrogens is 2. The molecule has 1 atom stereocenters. The normalized spacial score (nSPS) is 19.6. The van der Waals surface area contributed by atoms with E-state index < -0.39 is 5.60 Å². The predicted molar refractivity (Wildman–Crippen MR) is 167 cm³/mol. The van der Waals surface area contributed by atoms with Gasteiger partial charge in [0.05, 0.1) is 5.69 Å². The molecule has 6 nitrogen and oxygen atoms in total. The summed E-state index contributed by atoms with van der Waals surface area (Å²) in [4.78, 5) is 26.7. The topological polar surface area (TPSA) is 58.6 Å². The van der Waals surface area contributed by atoms with Crippen molar-refractivity contribution in [2.75, 3.05) is 24.5 Å². The number of carbonyl (C=O) groups is 1. The van der Waals surface area contributed by atoms with Crippen molar-refractivity contribution >= 4 is 17.5 Å². The molecule has 42 heavy (non-hydrogen) atoms. The molecule has 7 heteroatoms. The SMILES string of the molecule is C/C=C(/C1=CCC2=C[C]2CC1)c1c(CCCCc2cccc(F)c2)ncnc1N1CCN(C(=O)OC(C)(C)C)C[C@H]1C. The van der Waals surface area contributed by atoms with Crippen LogP contribution in [0.15, 0.2) is 60.0 Å². The number of halogens is 1. The number of benzene rings is 1. The van der Waals surface area contributed by atoms with E-state index in [0.717, 1.165) is 67.6 Å². The van der Waals surface area contributed by atoms with Crippen LogP contribution in [-0.2, 0) is 17.6 Å². The second-order valence-corrected chi connectivity index (χ2v) is 12.7. The van der Waals surface area contributed by atoms with Crippen LogP contribution in [0.3, 0.4) is 0 Å². The fourth-order valence-corrected chi connectivity index (χ4v) is 6.11. The van der Waals surface area contributed by atoms with Crippen LogP contribution in [0.25, 0.3) is 5.57 Å². The Hall–Kier alpha value is -3.48. The highest BCUT2D eigenvalue weighted by Gasteiger charge is 2.34. The molecule has 5 rings (SSSR count). The largest absolute Gasteiger partial charge is 0.444 e. The zero-order valence-electron chi connectivity index (χ0n) is 25.8. The van der Waals surface area contributed by atoms with Crippen LogP contribution in [0, 0.1) is 11.7 Å². The first-order chi connectivity index (χ1) is 20.1. The number of allylic oxidation sites excluding steroid dienone is 6. The molecule has 0 unspecified atom stereocenters. The third kappa shape index (κ3) is 7.29. The van der Waals surface area contributed by atoms with Crippen LogP contribution in [0.2, 0.25) is 0 Å². The molecular formula is C35H44FN4O2. The van der Waals surface area contributed by atoms with Gasteiger partial charge in [0, 0.05) is 37.2 Å². The van der Waals surface area contributed by atoms with Gasteiger partial charge in [-0.1, -0.05) is 35.9 Å². The molecule has 3 aliphatic rings. The molecule has 0 saturated carbocycles. The standard InChI is InChI=1S/C35H44FN4O2/c1-6-30(26-14-16-27-21-28(27)17-15-26)32-31(13-8-7-10-25-11-9-12-29(36)20-25)37-23-38-33(32)40-19-18-39(22-24(40)2)34(41)42-35(3,4)5/h6,9,11-12,14,20-21,23-24H,7-8,10,13,15-19,22H2,1-5H3/b30-6-/t24-/m1/s1. The number of unbranched alkanes of at least 4 members (excludes halogenated alkanes) is 1. The molecule has 223 valence electrons. The lowest BCUT2D eigenvalue weighted by atomic mass is 9.90. The van der Waals surface area contributed by atoms with Crippen LogP contribution in [0.5, 0.6) is 0 Å². The summed E-state index contributed by atoms with van der Waals surface area (Å²) in [6.45, 7) is 11.8. The van der Waals surface area contributed by atoms with Gasteiger partial charge in [-0.05, 0) is 108 Å². The molecule has 1 aliphatic heterocycles. The second-order valence-electron chi connectivity index (χ2n) is 12.7. The van der Waals surface area contributed by atoms with Crippen molar-refractivity contribution in [3.63, 3.8) is 0 Å². The Morgan fingerprint density at radius 3 is 2.69 bits per heavy atom. The lowest BCUT2D eigenvalue weighted by Crippen LogP contribution is -2.55. The van der Waals surface area contributed by atoms with Gasteiger partial charge >= 0.3 is 6.09 Å². The summed E-state index contributed by atoms with van der Waals surface area (Å²) < 4.78 is 19.3. The third-order valence-electron chi connectivity index (χ3n) is 8.29. The zero-order chi connectivity index (χ0) is 29.9. The van der Waals surface area contributed by atoms with Crippen molar-refractivity contribution in [2.24, 2.45) is 0 Å². The number of hydrogen-bond donors (Lipinski definition) is 0. The van der Waals surface area contributed by atoms with Crippen molar-refractivity contribution in [3.8, 4) is 0 Å². The fourth-order valence-electron chi connectivity index (χ4n) is 6.11. The molecule has 1 amide bonds. The summed E-state index contributed by atoms with van der Waals surface area (Å²) in [7, 11) is 0. The Morgan fingerprint density at radius 1 is 1.14 bits per heavy atom. The second kappa shape index (κ2) is 12.8. The van der Waals surface area contributed by atoms with Crippen molar-refractivity contribution in [3.05, 3.63) is 88.5 Å². The van der Waals surface area contributed by atoms with Gasteiger partial charge in [-0.15, -0.1) is 0 Å². The van der Waals surface area contributed by atoms with Crippen LogP contribution < -0.4 is 4.90 Å². The first-order valence-electron chi connectivity index (χ1n) is 15.4. The maximum atomic E-state index is 13.7. The van der Waals surface area contributed by atoms with E-state index in [1.807, 2.05) is 31.7 Å². The van der Waals surface area contributed by atoms with E-state index in [4.69, 9.17) is 14.7 Å². The highest BCUT2D eigenvalue weighted by atomic mass is 19.1. The number of nitrogens with zero attached hydrogens (tertiary/aromatic N) is 4. The van der Waals surface area contributed by atoms with E-state index in [1.54, 1.807) is 18.5 Å². The van der Waals surface area contributed by atoms with Gasteiger partial charge in [-0.25, -0.2) is 19.2 Å². The van der Waals surface area contributed by atoms with Crippen molar-refractivity contribution in [1.82, 2.24) is 14.9 Å². The number of anilines is 1. The number of piperazine rings is 1. The molecule has 1 saturated heterocycles. The molecule has 1 aromatic carbocycles. The average Bonchev–Trinajstić information content (AvgIpc) is 3.72. The molecule has 0 N–H and O–H groups in total. The fraction of sp³-hybridized carbons (Fsp3) is 0.486. The lowest BCUT2D eigenvalue weighted by molar-refractivity contribution is 0.0218. The number of rotatable bonds is 8. The van der Waals surface area contributed by atoms with Crippen molar-refractivity contribution in [2.45, 2.75) is 91.2 Å². The summed E-state index contributed by atoms with van der Waals surface area (Å²) >= 11 is 0. The van der Waals surface area contributed by atoms with E-state index in [-0.39, 0.29) is 18.0 Å². The Morgan fingerprint density at radius 2 is 1.95 bits per heavy atom. The zero-order valence-corrected chi connectivity index (χ0v) is 25.8. The van der Waals surface area contributed by atoms with E-state index in [9.17, 15) is 9.18 Å². The Bertz CT molecular complexity index is 1390. The number of carbonyl (C=O) groups excluding carboxylic acids is 1. The van der Waals surface area contributed by atoms with Crippen molar-refractivity contribution in [1.29, 1.82) is 0 Å². The monoisotopic (exact) mass is 571 g/mol. The van der Waals surface area contributed by atoms with Crippen molar-refractivity contribution < 1.29 is 13.9 Å². The lowest BCUT2D eigenvalue weighted by Gasteiger charge is -2.41. The summed E-state index contributed by atoms with van der Waals surface area (Å²) in [5.74, 6) is 2.26. The summed E-state index contributed by atoms with van der Waals surface area (Å²) in [6, 6.07) is 6.95. The van der Waals surface area contributed by atoms with Crippen LogP contribution in [-0.4, -0.2) is 52.2 Å². The smallest absolute Gasteiger partial charge is 0.410 e. The molecule has 1 aromatic heterocycles. The quantitative estimate of drug-likeness (QED) is 0.305. The van der Waals surface area contributed by atoms with E-state index >= 15 is 0 Å². The minimum absolute atomic E-state index is 0.0651. The Kier molecular flexibility index (Phi) is 9.14. The number of ether oxygens (including phenoxy) is 1. The number of amides is 1. The molecule has 1 fully saturated rings. The molecule has 2 heterocycles. The van der Waals surface area contributed by atoms with Gasteiger partial charge in [0.25, 0.3) is 0 Å². The summed E-state index contributed by atoms with van der Waals surface area (Å²) in [5.41, 5.74) is 6.72. The minimum atomic E-state index is -0.525. The van der Waals surface area contributed by atoms with E-state index in [2.05, 4.69) is 37.0 Å². The maximum absolute atomic E-state index is 13.7. The first-order valence-corrected chi connectivity index (χ1v) is 15.4. The number of aryl methyl sites for hydroxylation is 2. The predicted octanol–water partition coefficient (Wildman–Crippen LogP) is 7.65. The summed E-state index contributed by atoms with van der Waals surface area (Å²) in [6.07, 6.45) is 15.0. The summed E-state index contributed by atoms with van der Waals surface area (Å²) in [5, 5.41) is 0.